The van der Waals surface area contributed by atoms with E-state index in [1.165, 1.54) is 11.3 Å². The van der Waals surface area contributed by atoms with Crippen LogP contribution in [0.5, 0.6) is 0 Å². The molecule has 0 atom stereocenters. The fraction of sp³-hybridized carbons (Fsp3) is 0.867. The highest BCUT2D eigenvalue weighted by Crippen LogP contribution is 2.36. The van der Waals surface area contributed by atoms with Crippen LogP contribution in [0, 0.1) is 5.41 Å². The average molecular weight is 299 g/mol. The van der Waals surface area contributed by atoms with Gasteiger partial charge in [0.2, 0.25) is 11.8 Å². The molecule has 1 saturated carbocycles. The number of nitrogens with zero attached hydrogens (tertiary/aromatic N) is 1. The summed E-state index contributed by atoms with van der Waals surface area (Å²) >= 11 is 0. The first-order chi connectivity index (χ1) is 10.1. The number of rotatable bonds is 8. The minimum Gasteiger partial charge on any atom is -0.385 e. The van der Waals surface area contributed by atoms with Crippen molar-refractivity contribution in [3.8, 4) is 0 Å². The molecule has 0 heterocycles. The van der Waals surface area contributed by atoms with Crippen LogP contribution in [0.15, 0.2) is 0 Å². The summed E-state index contributed by atoms with van der Waals surface area (Å²) < 4.78 is 4.92. The number of likely N-dealkylation sites (N-methyl/N-ethyl adjacent to an activating group) is 1. The number of hydrogen-bond acceptors (Lipinski definition) is 4. The number of ether oxygens (including phenoxy) is 1. The van der Waals surface area contributed by atoms with Crippen molar-refractivity contribution < 1.29 is 14.3 Å². The van der Waals surface area contributed by atoms with E-state index < -0.39 is 5.41 Å². The van der Waals surface area contributed by atoms with E-state index in [0.29, 0.717) is 19.7 Å². The first-order valence-electron chi connectivity index (χ1n) is 7.77. The van der Waals surface area contributed by atoms with Crippen molar-refractivity contribution in [3.05, 3.63) is 0 Å². The van der Waals surface area contributed by atoms with Gasteiger partial charge >= 0.3 is 0 Å². The lowest BCUT2D eigenvalue weighted by atomic mass is 9.73. The molecule has 3 N–H and O–H groups in total. The summed E-state index contributed by atoms with van der Waals surface area (Å²) in [6, 6.07) is 0. The molecule has 1 aliphatic carbocycles. The Morgan fingerprint density at radius 3 is 2.52 bits per heavy atom. The van der Waals surface area contributed by atoms with Gasteiger partial charge < -0.3 is 20.7 Å². The molecule has 0 aliphatic heterocycles. The third-order valence-corrected chi connectivity index (χ3v) is 4.23. The second kappa shape index (κ2) is 9.00. The quantitative estimate of drug-likeness (QED) is 0.639. The van der Waals surface area contributed by atoms with Gasteiger partial charge in [-0.3, -0.25) is 9.59 Å². The third kappa shape index (κ3) is 5.28. The molecule has 1 rings (SSSR count). The van der Waals surface area contributed by atoms with E-state index in [9.17, 15) is 9.59 Å². The van der Waals surface area contributed by atoms with Gasteiger partial charge in [-0.15, -0.1) is 0 Å². The molecule has 6 nitrogen and oxygen atoms in total. The van der Waals surface area contributed by atoms with Crippen LogP contribution >= 0.6 is 0 Å². The molecule has 2 amide bonds. The van der Waals surface area contributed by atoms with Crippen molar-refractivity contribution in [2.75, 3.05) is 40.4 Å². The molecule has 0 aromatic heterocycles. The molecule has 0 unspecified atom stereocenters. The zero-order valence-corrected chi connectivity index (χ0v) is 13.3. The van der Waals surface area contributed by atoms with Gasteiger partial charge in [-0.25, -0.2) is 0 Å². The highest BCUT2D eigenvalue weighted by molar-refractivity contribution is 5.88. The van der Waals surface area contributed by atoms with Crippen LogP contribution in [-0.2, 0) is 14.3 Å². The van der Waals surface area contributed by atoms with E-state index in [1.54, 1.807) is 14.2 Å². The molecule has 0 aromatic rings. The maximum Gasteiger partial charge on any atom is 0.239 e. The second-order valence-electron chi connectivity index (χ2n) is 5.90. The Morgan fingerprint density at radius 1 is 1.29 bits per heavy atom. The van der Waals surface area contributed by atoms with Gasteiger partial charge in [0.1, 0.15) is 0 Å². The number of hydrogen-bond donors (Lipinski definition) is 2. The molecular formula is C15H29N3O3. The van der Waals surface area contributed by atoms with E-state index in [1.807, 2.05) is 0 Å². The van der Waals surface area contributed by atoms with Crippen LogP contribution in [0.2, 0.25) is 0 Å². The summed E-state index contributed by atoms with van der Waals surface area (Å²) in [6.45, 7) is 1.64. The normalized spacial score (nSPS) is 17.3. The van der Waals surface area contributed by atoms with Crippen LogP contribution in [-0.4, -0.2) is 57.1 Å². The van der Waals surface area contributed by atoms with Gasteiger partial charge in [-0.2, -0.15) is 0 Å². The van der Waals surface area contributed by atoms with Crippen molar-refractivity contribution in [2.45, 2.75) is 38.5 Å². The molecule has 0 aromatic carbocycles. The topological polar surface area (TPSA) is 84.7 Å². The van der Waals surface area contributed by atoms with Crippen molar-refractivity contribution in [1.29, 1.82) is 0 Å². The monoisotopic (exact) mass is 299 g/mol. The Bertz CT molecular complexity index is 341. The fourth-order valence-electron chi connectivity index (χ4n) is 2.93. The summed E-state index contributed by atoms with van der Waals surface area (Å²) in [5.74, 6) is -0.123. The SMILES string of the molecule is COCCCNC(=O)CN(C)C(=O)C1(CN)CCCCC1. The summed E-state index contributed by atoms with van der Waals surface area (Å²) in [5, 5.41) is 2.79. The molecule has 0 spiro atoms. The van der Waals surface area contributed by atoms with E-state index in [-0.39, 0.29) is 18.4 Å². The maximum atomic E-state index is 12.6. The number of carbonyl (C=O) groups is 2. The van der Waals surface area contributed by atoms with Gasteiger partial charge in [0.25, 0.3) is 0 Å². The Morgan fingerprint density at radius 2 is 1.95 bits per heavy atom. The Balaban J connectivity index is 2.43. The third-order valence-electron chi connectivity index (χ3n) is 4.23. The average Bonchev–Trinajstić information content (AvgIpc) is 2.51. The molecule has 122 valence electrons. The van der Waals surface area contributed by atoms with E-state index in [0.717, 1.165) is 32.1 Å². The number of nitrogens with one attached hydrogen (secondary N) is 1. The zero-order valence-electron chi connectivity index (χ0n) is 13.3. The van der Waals surface area contributed by atoms with E-state index >= 15 is 0 Å². The van der Waals surface area contributed by atoms with Crippen LogP contribution in [0.4, 0.5) is 0 Å². The highest BCUT2D eigenvalue weighted by Gasteiger charge is 2.40. The standard InChI is InChI=1S/C15H29N3O3/c1-18(11-13(19)17-9-6-10-21-2)14(20)15(12-16)7-4-3-5-8-15/h3-12,16H2,1-2H3,(H,17,19). The lowest BCUT2D eigenvalue weighted by molar-refractivity contribution is -0.144. The minimum absolute atomic E-state index is 0.0109. The van der Waals surface area contributed by atoms with Gasteiger partial charge in [-0.05, 0) is 19.3 Å². The second-order valence-corrected chi connectivity index (χ2v) is 5.90. The summed E-state index contributed by atoms with van der Waals surface area (Å²) in [6.07, 6.45) is 5.69. The maximum absolute atomic E-state index is 12.6. The number of amides is 2. The van der Waals surface area contributed by atoms with Crippen molar-refractivity contribution >= 4 is 11.8 Å². The van der Waals surface area contributed by atoms with Crippen molar-refractivity contribution in [1.82, 2.24) is 10.2 Å². The molecule has 1 aliphatic rings. The summed E-state index contributed by atoms with van der Waals surface area (Å²) in [5.41, 5.74) is 5.40. The zero-order chi connectivity index (χ0) is 15.7. The molecule has 0 bridgehead atoms. The number of methoxy groups -OCH3 is 1. The number of carbonyl (C=O) groups excluding carboxylic acids is 2. The van der Waals surface area contributed by atoms with Crippen LogP contribution < -0.4 is 11.1 Å². The Kier molecular flexibility index (Phi) is 7.67. The van der Waals surface area contributed by atoms with E-state index in [4.69, 9.17) is 10.5 Å². The van der Waals surface area contributed by atoms with Crippen molar-refractivity contribution in [2.24, 2.45) is 11.1 Å². The lowest BCUT2D eigenvalue weighted by Gasteiger charge is -2.37. The molecule has 1 fully saturated rings. The lowest BCUT2D eigenvalue weighted by Crippen LogP contribution is -2.50. The van der Waals surface area contributed by atoms with Crippen LogP contribution in [0.1, 0.15) is 38.5 Å². The highest BCUT2D eigenvalue weighted by atomic mass is 16.5. The fourth-order valence-corrected chi connectivity index (χ4v) is 2.93. The first kappa shape index (κ1) is 17.9. The smallest absolute Gasteiger partial charge is 0.239 e. The van der Waals surface area contributed by atoms with Gasteiger partial charge in [0.15, 0.2) is 0 Å². The van der Waals surface area contributed by atoms with Gasteiger partial charge in [0, 0.05) is 33.9 Å². The summed E-state index contributed by atoms with van der Waals surface area (Å²) in [7, 11) is 3.31. The molecule has 0 radical (unpaired) electrons. The molecule has 6 heteroatoms. The molecule has 21 heavy (non-hydrogen) atoms. The minimum atomic E-state index is -0.455. The van der Waals surface area contributed by atoms with Crippen LogP contribution in [0.3, 0.4) is 0 Å². The molecular weight excluding hydrogens is 270 g/mol. The summed E-state index contributed by atoms with van der Waals surface area (Å²) in [4.78, 5) is 25.9. The number of nitrogens with two attached hydrogens (primary N) is 1. The Labute approximate surface area is 127 Å². The predicted molar refractivity (Wildman–Crippen MR) is 81.7 cm³/mol. The van der Waals surface area contributed by atoms with Gasteiger partial charge in [0.05, 0.1) is 12.0 Å². The Hall–Kier alpha value is -1.14. The van der Waals surface area contributed by atoms with Gasteiger partial charge in [-0.1, -0.05) is 19.3 Å². The van der Waals surface area contributed by atoms with Crippen LogP contribution in [0.25, 0.3) is 0 Å². The van der Waals surface area contributed by atoms with Crippen molar-refractivity contribution in [3.63, 3.8) is 0 Å². The first-order valence-corrected chi connectivity index (χ1v) is 7.77. The predicted octanol–water partition coefficient (Wildman–Crippen LogP) is 0.507. The molecule has 0 saturated heterocycles. The largest absolute Gasteiger partial charge is 0.385 e. The van der Waals surface area contributed by atoms with E-state index in [2.05, 4.69) is 5.32 Å².